The van der Waals surface area contributed by atoms with Gasteiger partial charge in [-0.15, -0.1) is 0 Å². The lowest BCUT2D eigenvalue weighted by molar-refractivity contribution is -0.132. The van der Waals surface area contributed by atoms with Crippen LogP contribution >= 0.6 is 0 Å². The summed E-state index contributed by atoms with van der Waals surface area (Å²) in [6.45, 7) is 1.55. The van der Waals surface area contributed by atoms with Crippen LogP contribution in [0.1, 0.15) is 12.5 Å². The highest BCUT2D eigenvalue weighted by atomic mass is 16.4. The van der Waals surface area contributed by atoms with Crippen molar-refractivity contribution >= 4 is 17.7 Å². The fourth-order valence-electron chi connectivity index (χ4n) is 0.961. The van der Waals surface area contributed by atoms with Crippen LogP contribution in [-0.2, 0) is 4.79 Å². The molecule has 3 nitrogen and oxygen atoms in total. The van der Waals surface area contributed by atoms with Gasteiger partial charge < -0.3 is 10.8 Å². The van der Waals surface area contributed by atoms with E-state index in [1.807, 2.05) is 6.07 Å². The van der Waals surface area contributed by atoms with Gasteiger partial charge in [-0.05, 0) is 30.7 Å². The molecule has 0 amide bonds. The van der Waals surface area contributed by atoms with Crippen LogP contribution < -0.4 is 5.73 Å². The average molecular weight is 177 g/mol. The van der Waals surface area contributed by atoms with Gasteiger partial charge in [0.15, 0.2) is 0 Å². The molecule has 0 aliphatic heterocycles. The second-order valence-corrected chi connectivity index (χ2v) is 2.80. The molecule has 0 aliphatic carbocycles. The lowest BCUT2D eigenvalue weighted by Gasteiger charge is -1.97. The number of anilines is 1. The van der Waals surface area contributed by atoms with Crippen molar-refractivity contribution in [2.24, 2.45) is 0 Å². The first kappa shape index (κ1) is 9.32. The molecule has 13 heavy (non-hydrogen) atoms. The Morgan fingerprint density at radius 2 is 2.23 bits per heavy atom. The van der Waals surface area contributed by atoms with E-state index in [0.717, 1.165) is 5.56 Å². The van der Waals surface area contributed by atoms with Crippen LogP contribution in [-0.4, -0.2) is 11.1 Å². The lowest BCUT2D eigenvalue weighted by atomic mass is 10.1. The molecule has 0 aliphatic rings. The third-order valence-electron chi connectivity index (χ3n) is 1.63. The predicted molar refractivity (Wildman–Crippen MR) is 52.1 cm³/mol. The van der Waals surface area contributed by atoms with E-state index in [-0.39, 0.29) is 0 Å². The van der Waals surface area contributed by atoms with Crippen LogP contribution in [0.25, 0.3) is 6.08 Å². The number of benzene rings is 1. The summed E-state index contributed by atoms with van der Waals surface area (Å²) in [5.74, 6) is -0.914. The first-order valence-electron chi connectivity index (χ1n) is 3.87. The SMILES string of the molecule is C/C(=C\c1cccc(N)c1)C(=O)O. The molecule has 68 valence electrons. The number of nitrogen functional groups attached to an aromatic ring is 1. The Bertz CT molecular complexity index is 356. The second-order valence-electron chi connectivity index (χ2n) is 2.80. The van der Waals surface area contributed by atoms with Crippen molar-refractivity contribution in [3.63, 3.8) is 0 Å². The number of nitrogens with two attached hydrogens (primary N) is 1. The number of carboxylic acids is 1. The molecule has 0 radical (unpaired) electrons. The summed E-state index contributed by atoms with van der Waals surface area (Å²) in [4.78, 5) is 10.5. The van der Waals surface area contributed by atoms with Gasteiger partial charge in [-0.2, -0.15) is 0 Å². The minimum Gasteiger partial charge on any atom is -0.478 e. The van der Waals surface area contributed by atoms with E-state index in [1.54, 1.807) is 31.2 Å². The van der Waals surface area contributed by atoms with Crippen molar-refractivity contribution in [2.75, 3.05) is 5.73 Å². The Kier molecular flexibility index (Phi) is 2.69. The molecule has 0 spiro atoms. The molecule has 1 rings (SSSR count). The average Bonchev–Trinajstić information content (AvgIpc) is 2.04. The molecular weight excluding hydrogens is 166 g/mol. The van der Waals surface area contributed by atoms with Gasteiger partial charge in [0.25, 0.3) is 0 Å². The van der Waals surface area contributed by atoms with E-state index in [1.165, 1.54) is 0 Å². The van der Waals surface area contributed by atoms with Crippen molar-refractivity contribution in [3.05, 3.63) is 35.4 Å². The summed E-state index contributed by atoms with van der Waals surface area (Å²) in [7, 11) is 0. The van der Waals surface area contributed by atoms with Crippen LogP contribution in [0, 0.1) is 0 Å². The Morgan fingerprint density at radius 1 is 1.54 bits per heavy atom. The van der Waals surface area contributed by atoms with Crippen LogP contribution in [0.4, 0.5) is 5.69 Å². The highest BCUT2D eigenvalue weighted by Gasteiger charge is 1.99. The van der Waals surface area contributed by atoms with Crippen molar-refractivity contribution in [2.45, 2.75) is 6.92 Å². The Morgan fingerprint density at radius 3 is 2.77 bits per heavy atom. The Hall–Kier alpha value is -1.77. The van der Waals surface area contributed by atoms with Gasteiger partial charge in [0.1, 0.15) is 0 Å². The van der Waals surface area contributed by atoms with E-state index in [0.29, 0.717) is 11.3 Å². The largest absolute Gasteiger partial charge is 0.478 e. The van der Waals surface area contributed by atoms with E-state index >= 15 is 0 Å². The number of hydrogen-bond acceptors (Lipinski definition) is 2. The maximum atomic E-state index is 10.5. The fourth-order valence-corrected chi connectivity index (χ4v) is 0.961. The molecule has 0 saturated heterocycles. The standard InChI is InChI=1S/C10H11NO2/c1-7(10(12)13)5-8-3-2-4-9(11)6-8/h2-6H,11H2,1H3,(H,12,13)/b7-5+. The first-order chi connectivity index (χ1) is 6.09. The highest BCUT2D eigenvalue weighted by Crippen LogP contribution is 2.10. The van der Waals surface area contributed by atoms with E-state index in [4.69, 9.17) is 10.8 Å². The van der Waals surface area contributed by atoms with Crippen LogP contribution in [0.15, 0.2) is 29.8 Å². The summed E-state index contributed by atoms with van der Waals surface area (Å²) >= 11 is 0. The van der Waals surface area contributed by atoms with Gasteiger partial charge >= 0.3 is 5.97 Å². The van der Waals surface area contributed by atoms with Crippen molar-refractivity contribution < 1.29 is 9.90 Å². The maximum Gasteiger partial charge on any atom is 0.331 e. The minimum absolute atomic E-state index is 0.297. The molecule has 0 atom stereocenters. The van der Waals surface area contributed by atoms with Gasteiger partial charge in [-0.1, -0.05) is 12.1 Å². The molecule has 3 N–H and O–H groups in total. The van der Waals surface area contributed by atoms with Crippen LogP contribution in [0.5, 0.6) is 0 Å². The Balaban J connectivity index is 2.97. The van der Waals surface area contributed by atoms with Crippen molar-refractivity contribution in [1.82, 2.24) is 0 Å². The number of rotatable bonds is 2. The number of aliphatic carboxylic acids is 1. The van der Waals surface area contributed by atoms with Crippen LogP contribution in [0.2, 0.25) is 0 Å². The molecule has 3 heteroatoms. The zero-order valence-electron chi connectivity index (χ0n) is 7.32. The summed E-state index contributed by atoms with van der Waals surface area (Å²) < 4.78 is 0. The summed E-state index contributed by atoms with van der Waals surface area (Å²) in [6, 6.07) is 7.08. The number of carbonyl (C=O) groups is 1. The Labute approximate surface area is 76.5 Å². The van der Waals surface area contributed by atoms with E-state index in [2.05, 4.69) is 0 Å². The zero-order chi connectivity index (χ0) is 9.84. The summed E-state index contributed by atoms with van der Waals surface area (Å²) in [5.41, 5.74) is 7.27. The van der Waals surface area contributed by atoms with Gasteiger partial charge in [0, 0.05) is 11.3 Å². The molecule has 0 saturated carbocycles. The quantitative estimate of drug-likeness (QED) is 0.534. The number of carboxylic acid groups (broad SMARTS) is 1. The molecule has 0 bridgehead atoms. The van der Waals surface area contributed by atoms with E-state index in [9.17, 15) is 4.79 Å². The third kappa shape index (κ3) is 2.63. The summed E-state index contributed by atoms with van der Waals surface area (Å²) in [6.07, 6.45) is 1.58. The monoisotopic (exact) mass is 177 g/mol. The lowest BCUT2D eigenvalue weighted by Crippen LogP contribution is -1.95. The fraction of sp³-hybridized carbons (Fsp3) is 0.100. The van der Waals surface area contributed by atoms with Gasteiger partial charge in [0.2, 0.25) is 0 Å². The molecular formula is C10H11NO2. The normalized spacial score (nSPS) is 11.3. The van der Waals surface area contributed by atoms with Gasteiger partial charge in [-0.25, -0.2) is 4.79 Å². The zero-order valence-corrected chi connectivity index (χ0v) is 7.32. The smallest absolute Gasteiger partial charge is 0.331 e. The second kappa shape index (κ2) is 3.76. The van der Waals surface area contributed by atoms with Crippen molar-refractivity contribution in [1.29, 1.82) is 0 Å². The molecule has 0 heterocycles. The maximum absolute atomic E-state index is 10.5. The number of hydrogen-bond donors (Lipinski definition) is 2. The molecule has 1 aromatic carbocycles. The predicted octanol–water partition coefficient (Wildman–Crippen LogP) is 1.76. The minimum atomic E-state index is -0.914. The molecule has 1 aromatic rings. The highest BCUT2D eigenvalue weighted by molar-refractivity contribution is 5.91. The molecule has 0 fully saturated rings. The topological polar surface area (TPSA) is 63.3 Å². The first-order valence-corrected chi connectivity index (χ1v) is 3.87. The van der Waals surface area contributed by atoms with Crippen molar-refractivity contribution in [3.8, 4) is 0 Å². The van der Waals surface area contributed by atoms with E-state index < -0.39 is 5.97 Å². The molecule has 0 unspecified atom stereocenters. The van der Waals surface area contributed by atoms with Gasteiger partial charge in [0.05, 0.1) is 0 Å². The summed E-state index contributed by atoms with van der Waals surface area (Å²) in [5, 5.41) is 8.61. The molecule has 0 aromatic heterocycles. The third-order valence-corrected chi connectivity index (χ3v) is 1.63. The van der Waals surface area contributed by atoms with Crippen LogP contribution in [0.3, 0.4) is 0 Å². The van der Waals surface area contributed by atoms with Gasteiger partial charge in [-0.3, -0.25) is 0 Å².